The normalized spacial score (nSPS) is 18.5. The summed E-state index contributed by atoms with van der Waals surface area (Å²) < 4.78 is 10.7. The smallest absolute Gasteiger partial charge is 0.366 e. The predicted molar refractivity (Wildman–Crippen MR) is 101 cm³/mol. The highest BCUT2D eigenvalue weighted by Crippen LogP contribution is 2.35. The van der Waals surface area contributed by atoms with Gasteiger partial charge in [-0.3, -0.25) is 0 Å². The molecule has 2 aromatic rings. The zero-order chi connectivity index (χ0) is 18.1. The van der Waals surface area contributed by atoms with Crippen LogP contribution in [0.15, 0.2) is 71.0 Å². The molecule has 2 aromatic carbocycles. The van der Waals surface area contributed by atoms with Gasteiger partial charge in [0.25, 0.3) is 0 Å². The maximum absolute atomic E-state index is 12.5. The summed E-state index contributed by atoms with van der Waals surface area (Å²) in [5, 5.41) is 0. The molecule has 0 amide bonds. The summed E-state index contributed by atoms with van der Waals surface area (Å²) in [7, 11) is 1.65. The monoisotopic (exact) mass is 346 g/mol. The molecular formula is C21H18N2O3. The van der Waals surface area contributed by atoms with Crippen LogP contribution in [-0.4, -0.2) is 25.5 Å². The van der Waals surface area contributed by atoms with Gasteiger partial charge in [-0.2, -0.15) is 0 Å². The van der Waals surface area contributed by atoms with Gasteiger partial charge in [0.1, 0.15) is 5.75 Å². The number of allylic oxidation sites excluding steroid dienone is 1. The van der Waals surface area contributed by atoms with Crippen LogP contribution < -0.4 is 9.64 Å². The van der Waals surface area contributed by atoms with Crippen molar-refractivity contribution >= 4 is 23.6 Å². The first-order valence-electron chi connectivity index (χ1n) is 8.45. The number of esters is 1. The molecule has 2 aliphatic rings. The quantitative estimate of drug-likeness (QED) is 0.627. The number of carbonyl (C=O) groups excluding carboxylic acids is 1. The molecule has 0 N–H and O–H groups in total. The maximum atomic E-state index is 12.5. The molecule has 0 saturated carbocycles. The Bertz CT molecular complexity index is 958. The van der Waals surface area contributed by atoms with Crippen LogP contribution in [0.2, 0.25) is 0 Å². The largest absolute Gasteiger partial charge is 0.497 e. The van der Waals surface area contributed by atoms with E-state index in [0.29, 0.717) is 18.1 Å². The van der Waals surface area contributed by atoms with Crippen molar-refractivity contribution in [3.8, 4) is 5.75 Å². The third-order valence-corrected chi connectivity index (χ3v) is 4.41. The van der Waals surface area contributed by atoms with Crippen LogP contribution in [0, 0.1) is 0 Å². The molecule has 2 heterocycles. The number of benzene rings is 2. The van der Waals surface area contributed by atoms with Gasteiger partial charge in [-0.25, -0.2) is 9.79 Å². The lowest BCUT2D eigenvalue weighted by Gasteiger charge is -2.29. The number of ether oxygens (including phenoxy) is 2. The van der Waals surface area contributed by atoms with E-state index in [0.717, 1.165) is 28.3 Å². The Hall–Kier alpha value is -3.34. The Balaban J connectivity index is 1.79. The van der Waals surface area contributed by atoms with E-state index in [1.165, 1.54) is 0 Å². The minimum absolute atomic E-state index is 0.323. The number of aliphatic imine (C=N–C) groups is 1. The van der Waals surface area contributed by atoms with Gasteiger partial charge in [0.2, 0.25) is 5.90 Å². The van der Waals surface area contributed by atoms with Gasteiger partial charge in [-0.15, -0.1) is 0 Å². The molecule has 0 spiro atoms. The highest BCUT2D eigenvalue weighted by Gasteiger charge is 2.30. The van der Waals surface area contributed by atoms with E-state index in [9.17, 15) is 4.79 Å². The first-order valence-corrected chi connectivity index (χ1v) is 8.45. The number of cyclic esters (lactones) is 1. The third-order valence-electron chi connectivity index (χ3n) is 4.41. The molecular weight excluding hydrogens is 328 g/mol. The topological polar surface area (TPSA) is 51.1 Å². The number of methoxy groups -OCH3 is 1. The fourth-order valence-corrected chi connectivity index (χ4v) is 3.15. The first kappa shape index (κ1) is 16.1. The average Bonchev–Trinajstić information content (AvgIpc) is 3.08. The van der Waals surface area contributed by atoms with Crippen molar-refractivity contribution in [1.29, 1.82) is 0 Å². The maximum Gasteiger partial charge on any atom is 0.366 e. The minimum atomic E-state index is -0.432. The number of carbonyl (C=O) groups is 1. The van der Waals surface area contributed by atoms with E-state index in [1.54, 1.807) is 7.11 Å². The third kappa shape index (κ3) is 2.67. The van der Waals surface area contributed by atoms with Crippen molar-refractivity contribution in [2.45, 2.75) is 6.92 Å². The number of hydrogen-bond acceptors (Lipinski definition) is 5. The van der Waals surface area contributed by atoms with Crippen LogP contribution in [-0.2, 0) is 9.53 Å². The van der Waals surface area contributed by atoms with Crippen molar-refractivity contribution in [3.05, 3.63) is 77.1 Å². The van der Waals surface area contributed by atoms with Gasteiger partial charge in [0.15, 0.2) is 5.70 Å². The zero-order valence-electron chi connectivity index (χ0n) is 14.6. The molecule has 2 aliphatic heterocycles. The SMILES string of the molecule is CCN1/C(=C2/N=C(c3ccccc3)OC2=O)C=Cc2cc(OC)ccc21. The summed E-state index contributed by atoms with van der Waals surface area (Å²) in [5.74, 6) is 0.701. The number of hydrogen-bond donors (Lipinski definition) is 0. The van der Waals surface area contributed by atoms with Crippen LogP contribution in [0.3, 0.4) is 0 Å². The van der Waals surface area contributed by atoms with E-state index >= 15 is 0 Å². The van der Waals surface area contributed by atoms with E-state index in [2.05, 4.69) is 9.89 Å². The Labute approximate surface area is 151 Å². The molecule has 0 unspecified atom stereocenters. The van der Waals surface area contributed by atoms with Gasteiger partial charge in [0.05, 0.1) is 12.8 Å². The molecule has 26 heavy (non-hydrogen) atoms. The van der Waals surface area contributed by atoms with Crippen molar-refractivity contribution in [2.24, 2.45) is 4.99 Å². The van der Waals surface area contributed by atoms with E-state index < -0.39 is 5.97 Å². The fourth-order valence-electron chi connectivity index (χ4n) is 3.15. The van der Waals surface area contributed by atoms with Crippen LogP contribution in [0.25, 0.3) is 6.08 Å². The summed E-state index contributed by atoms with van der Waals surface area (Å²) in [6.07, 6.45) is 3.87. The van der Waals surface area contributed by atoms with Crippen molar-refractivity contribution in [3.63, 3.8) is 0 Å². The summed E-state index contributed by atoms with van der Waals surface area (Å²) in [6, 6.07) is 15.3. The lowest BCUT2D eigenvalue weighted by molar-refractivity contribution is -0.130. The van der Waals surface area contributed by atoms with Crippen molar-refractivity contribution in [2.75, 3.05) is 18.6 Å². The molecule has 0 saturated heterocycles. The lowest BCUT2D eigenvalue weighted by Crippen LogP contribution is -2.26. The predicted octanol–water partition coefficient (Wildman–Crippen LogP) is 3.76. The summed E-state index contributed by atoms with van der Waals surface area (Å²) >= 11 is 0. The molecule has 0 aromatic heterocycles. The Kier molecular flexibility index (Phi) is 4.05. The summed E-state index contributed by atoms with van der Waals surface area (Å²) in [6.45, 7) is 2.74. The van der Waals surface area contributed by atoms with Gasteiger partial charge >= 0.3 is 5.97 Å². The standard InChI is InChI=1S/C21H18N2O3/c1-3-23-17-12-10-16(25-2)13-15(17)9-11-18(23)19-21(24)26-20(22-19)14-7-5-4-6-8-14/h4-13H,3H2,1-2H3/b19-18+. The van der Waals surface area contributed by atoms with Crippen molar-refractivity contribution < 1.29 is 14.3 Å². The van der Waals surface area contributed by atoms with Gasteiger partial charge in [0, 0.05) is 23.4 Å². The Morgan fingerprint density at radius 3 is 2.65 bits per heavy atom. The molecule has 0 bridgehead atoms. The fraction of sp³-hybridized carbons (Fsp3) is 0.143. The number of anilines is 1. The van der Waals surface area contributed by atoms with Crippen molar-refractivity contribution in [1.82, 2.24) is 0 Å². The highest BCUT2D eigenvalue weighted by atomic mass is 16.6. The molecule has 5 nitrogen and oxygen atoms in total. The number of fused-ring (bicyclic) bond motifs is 1. The second kappa shape index (κ2) is 6.52. The zero-order valence-corrected chi connectivity index (χ0v) is 14.6. The highest BCUT2D eigenvalue weighted by molar-refractivity contribution is 6.12. The Morgan fingerprint density at radius 2 is 1.92 bits per heavy atom. The molecule has 0 aliphatic carbocycles. The second-order valence-corrected chi connectivity index (χ2v) is 5.91. The number of rotatable bonds is 3. The first-order chi connectivity index (χ1) is 12.7. The Morgan fingerprint density at radius 1 is 1.12 bits per heavy atom. The van der Waals surface area contributed by atoms with Gasteiger partial charge < -0.3 is 14.4 Å². The van der Waals surface area contributed by atoms with E-state index in [-0.39, 0.29) is 0 Å². The molecule has 5 heteroatoms. The number of likely N-dealkylation sites (N-methyl/N-ethyl adjacent to an activating group) is 1. The van der Waals surface area contributed by atoms with E-state index in [1.807, 2.05) is 67.6 Å². The van der Waals surface area contributed by atoms with Gasteiger partial charge in [-0.1, -0.05) is 24.3 Å². The molecule has 0 atom stereocenters. The van der Waals surface area contributed by atoms with Gasteiger partial charge in [-0.05, 0) is 43.3 Å². The number of nitrogens with zero attached hydrogens (tertiary/aromatic N) is 2. The van der Waals surface area contributed by atoms with Crippen LogP contribution in [0.5, 0.6) is 5.75 Å². The molecule has 4 rings (SSSR count). The minimum Gasteiger partial charge on any atom is -0.497 e. The lowest BCUT2D eigenvalue weighted by atomic mass is 10.0. The second-order valence-electron chi connectivity index (χ2n) is 5.91. The van der Waals surface area contributed by atoms with Crippen LogP contribution in [0.1, 0.15) is 18.1 Å². The average molecular weight is 346 g/mol. The van der Waals surface area contributed by atoms with Crippen LogP contribution in [0.4, 0.5) is 5.69 Å². The molecule has 0 radical (unpaired) electrons. The molecule has 0 fully saturated rings. The van der Waals surface area contributed by atoms with E-state index in [4.69, 9.17) is 9.47 Å². The summed E-state index contributed by atoms with van der Waals surface area (Å²) in [5.41, 5.74) is 3.89. The van der Waals surface area contributed by atoms with Crippen LogP contribution >= 0.6 is 0 Å². The molecule has 130 valence electrons. The summed E-state index contributed by atoms with van der Waals surface area (Å²) in [4.78, 5) is 19.0.